The fourth-order valence-corrected chi connectivity index (χ4v) is 2.09. The quantitative estimate of drug-likeness (QED) is 0.663. The molecule has 0 spiro atoms. The maximum atomic E-state index is 8.68. The number of unbranched alkanes of at least 4 members (excludes halogenated alkanes) is 1. The Morgan fingerprint density at radius 1 is 1.47 bits per heavy atom. The number of nitrogens with one attached hydrogen (secondary N) is 1. The molecule has 1 saturated heterocycles. The van der Waals surface area contributed by atoms with Gasteiger partial charge in [-0.1, -0.05) is 6.92 Å². The van der Waals surface area contributed by atoms with Crippen LogP contribution in [0.15, 0.2) is 0 Å². The van der Waals surface area contributed by atoms with Crippen LogP contribution in [0.5, 0.6) is 0 Å². The molecule has 2 unspecified atom stereocenters. The molecule has 1 fully saturated rings. The number of aliphatic hydroxyl groups is 1. The summed E-state index contributed by atoms with van der Waals surface area (Å²) in [6.45, 7) is 6.60. The molecule has 1 heterocycles. The number of hydrogen-bond donors (Lipinski definition) is 2. The number of hydrogen-bond acceptors (Lipinski definition) is 3. The highest BCUT2D eigenvalue weighted by Gasteiger charge is 2.30. The first-order chi connectivity index (χ1) is 7.20. The minimum absolute atomic E-state index is 0.0763. The summed E-state index contributed by atoms with van der Waals surface area (Å²) in [4.78, 5) is 0. The highest BCUT2D eigenvalue weighted by atomic mass is 16.5. The van der Waals surface area contributed by atoms with Gasteiger partial charge in [-0.15, -0.1) is 0 Å². The molecule has 0 aromatic carbocycles. The summed E-state index contributed by atoms with van der Waals surface area (Å²) in [5.74, 6) is 0. The molecule has 2 N–H and O–H groups in total. The summed E-state index contributed by atoms with van der Waals surface area (Å²) in [7, 11) is 0. The molecule has 1 aliphatic rings. The van der Waals surface area contributed by atoms with Crippen molar-refractivity contribution in [2.45, 2.75) is 57.6 Å². The summed E-state index contributed by atoms with van der Waals surface area (Å²) in [5, 5.41) is 12.2. The average molecular weight is 215 g/mol. The van der Waals surface area contributed by atoms with Crippen molar-refractivity contribution in [1.29, 1.82) is 0 Å². The van der Waals surface area contributed by atoms with Crippen LogP contribution in [0.4, 0.5) is 0 Å². The van der Waals surface area contributed by atoms with Gasteiger partial charge in [-0.25, -0.2) is 0 Å². The molecule has 0 bridgehead atoms. The van der Waals surface area contributed by atoms with E-state index in [9.17, 15) is 0 Å². The molecule has 3 nitrogen and oxygen atoms in total. The van der Waals surface area contributed by atoms with E-state index in [2.05, 4.69) is 19.2 Å². The predicted molar refractivity (Wildman–Crippen MR) is 62.0 cm³/mol. The number of rotatable bonds is 6. The normalized spacial score (nSPS) is 31.8. The lowest BCUT2D eigenvalue weighted by molar-refractivity contribution is -0.0778. The van der Waals surface area contributed by atoms with E-state index in [1.54, 1.807) is 0 Å². The van der Waals surface area contributed by atoms with Crippen molar-refractivity contribution >= 4 is 0 Å². The first-order valence-corrected chi connectivity index (χ1v) is 6.18. The molecule has 0 aromatic heterocycles. The van der Waals surface area contributed by atoms with Crippen molar-refractivity contribution in [3.05, 3.63) is 0 Å². The Labute approximate surface area is 93.2 Å². The van der Waals surface area contributed by atoms with Gasteiger partial charge in [0, 0.05) is 19.3 Å². The fraction of sp³-hybridized carbons (Fsp3) is 1.00. The molecule has 15 heavy (non-hydrogen) atoms. The Morgan fingerprint density at radius 2 is 2.27 bits per heavy atom. The van der Waals surface area contributed by atoms with Crippen LogP contribution in [0.2, 0.25) is 0 Å². The van der Waals surface area contributed by atoms with Crippen LogP contribution < -0.4 is 5.32 Å². The van der Waals surface area contributed by atoms with E-state index in [0.717, 1.165) is 45.3 Å². The lowest BCUT2D eigenvalue weighted by Gasteiger charge is -2.38. The lowest BCUT2D eigenvalue weighted by Crippen LogP contribution is -2.45. The van der Waals surface area contributed by atoms with Gasteiger partial charge in [0.1, 0.15) is 0 Å². The Hall–Kier alpha value is -0.120. The lowest BCUT2D eigenvalue weighted by atomic mass is 9.90. The van der Waals surface area contributed by atoms with Gasteiger partial charge in [0.25, 0.3) is 0 Å². The maximum absolute atomic E-state index is 8.68. The third-order valence-electron chi connectivity index (χ3n) is 3.36. The molecule has 0 aromatic rings. The van der Waals surface area contributed by atoms with Gasteiger partial charge < -0.3 is 15.2 Å². The van der Waals surface area contributed by atoms with Crippen LogP contribution in [-0.2, 0) is 4.74 Å². The van der Waals surface area contributed by atoms with E-state index in [-0.39, 0.29) is 5.60 Å². The average Bonchev–Trinajstić information content (AvgIpc) is 2.25. The van der Waals surface area contributed by atoms with E-state index < -0.39 is 0 Å². The third-order valence-corrected chi connectivity index (χ3v) is 3.36. The molecular weight excluding hydrogens is 190 g/mol. The summed E-state index contributed by atoms with van der Waals surface area (Å²) in [5.41, 5.74) is 0.0763. The monoisotopic (exact) mass is 215 g/mol. The SMILES string of the molecule is CCC1(C)CC(NCCCCO)CCO1. The Kier molecular flexibility index (Phi) is 5.58. The fourth-order valence-electron chi connectivity index (χ4n) is 2.09. The van der Waals surface area contributed by atoms with Gasteiger partial charge >= 0.3 is 0 Å². The minimum atomic E-state index is 0.0763. The molecule has 0 aliphatic carbocycles. The largest absolute Gasteiger partial charge is 0.396 e. The van der Waals surface area contributed by atoms with E-state index in [0.29, 0.717) is 12.6 Å². The van der Waals surface area contributed by atoms with E-state index in [4.69, 9.17) is 9.84 Å². The molecule has 3 heteroatoms. The molecule has 1 aliphatic heterocycles. The summed E-state index contributed by atoms with van der Waals surface area (Å²) in [6.07, 6.45) is 5.29. The molecule has 1 rings (SSSR count). The van der Waals surface area contributed by atoms with Crippen LogP contribution >= 0.6 is 0 Å². The zero-order valence-corrected chi connectivity index (χ0v) is 10.1. The second kappa shape index (κ2) is 6.46. The van der Waals surface area contributed by atoms with Crippen molar-refractivity contribution in [3.8, 4) is 0 Å². The van der Waals surface area contributed by atoms with E-state index in [1.807, 2.05) is 0 Å². The second-order valence-corrected chi connectivity index (χ2v) is 4.73. The Morgan fingerprint density at radius 3 is 2.93 bits per heavy atom. The Bertz CT molecular complexity index is 175. The summed E-state index contributed by atoms with van der Waals surface area (Å²) < 4.78 is 5.79. The predicted octanol–water partition coefficient (Wildman–Crippen LogP) is 1.70. The highest BCUT2D eigenvalue weighted by molar-refractivity contribution is 4.85. The topological polar surface area (TPSA) is 41.5 Å². The molecular formula is C12H25NO2. The molecule has 0 radical (unpaired) electrons. The number of ether oxygens (including phenoxy) is 1. The van der Waals surface area contributed by atoms with Gasteiger partial charge in [0.2, 0.25) is 0 Å². The van der Waals surface area contributed by atoms with Crippen LogP contribution in [0, 0.1) is 0 Å². The summed E-state index contributed by atoms with van der Waals surface area (Å²) >= 11 is 0. The molecule has 2 atom stereocenters. The van der Waals surface area contributed by atoms with E-state index >= 15 is 0 Å². The van der Waals surface area contributed by atoms with Crippen molar-refractivity contribution in [3.63, 3.8) is 0 Å². The van der Waals surface area contributed by atoms with Crippen LogP contribution in [-0.4, -0.2) is 36.5 Å². The van der Waals surface area contributed by atoms with Crippen molar-refractivity contribution in [2.75, 3.05) is 19.8 Å². The molecule has 0 saturated carbocycles. The van der Waals surface area contributed by atoms with Gasteiger partial charge in [0.15, 0.2) is 0 Å². The first-order valence-electron chi connectivity index (χ1n) is 6.18. The third kappa shape index (κ3) is 4.49. The second-order valence-electron chi connectivity index (χ2n) is 4.73. The molecule has 90 valence electrons. The highest BCUT2D eigenvalue weighted by Crippen LogP contribution is 2.27. The van der Waals surface area contributed by atoms with Crippen molar-refractivity contribution in [1.82, 2.24) is 5.32 Å². The van der Waals surface area contributed by atoms with Gasteiger partial charge in [-0.3, -0.25) is 0 Å². The Balaban J connectivity index is 2.18. The van der Waals surface area contributed by atoms with Crippen LogP contribution in [0.25, 0.3) is 0 Å². The van der Waals surface area contributed by atoms with Crippen molar-refractivity contribution in [2.24, 2.45) is 0 Å². The molecule has 0 amide bonds. The smallest absolute Gasteiger partial charge is 0.0666 e. The van der Waals surface area contributed by atoms with E-state index in [1.165, 1.54) is 0 Å². The number of aliphatic hydroxyl groups excluding tert-OH is 1. The van der Waals surface area contributed by atoms with Gasteiger partial charge in [0.05, 0.1) is 5.60 Å². The van der Waals surface area contributed by atoms with Crippen LogP contribution in [0.1, 0.15) is 46.0 Å². The summed E-state index contributed by atoms with van der Waals surface area (Å²) in [6, 6.07) is 0.599. The van der Waals surface area contributed by atoms with Crippen molar-refractivity contribution < 1.29 is 9.84 Å². The first kappa shape index (κ1) is 12.9. The maximum Gasteiger partial charge on any atom is 0.0666 e. The minimum Gasteiger partial charge on any atom is -0.396 e. The standard InChI is InChI=1S/C12H25NO2/c1-3-12(2)10-11(6-9-15-12)13-7-4-5-8-14/h11,13-14H,3-10H2,1-2H3. The van der Waals surface area contributed by atoms with Crippen LogP contribution in [0.3, 0.4) is 0 Å². The zero-order chi connectivity index (χ0) is 11.1. The van der Waals surface area contributed by atoms with Gasteiger partial charge in [-0.05, 0) is 45.6 Å². The zero-order valence-electron chi connectivity index (χ0n) is 10.1. The van der Waals surface area contributed by atoms with Gasteiger partial charge in [-0.2, -0.15) is 0 Å².